The Kier molecular flexibility index (Phi) is 4.91. The molecule has 2 aromatic carbocycles. The molecule has 152 valence electrons. The van der Waals surface area contributed by atoms with Crippen LogP contribution in [0.3, 0.4) is 0 Å². The molecular formula is C22H21N5O3. The number of aromatic nitrogens is 3. The van der Waals surface area contributed by atoms with Crippen molar-refractivity contribution in [2.24, 2.45) is 10.2 Å². The zero-order valence-electron chi connectivity index (χ0n) is 16.9. The third-order valence-corrected chi connectivity index (χ3v) is 4.99. The molecule has 30 heavy (non-hydrogen) atoms. The third kappa shape index (κ3) is 3.06. The van der Waals surface area contributed by atoms with Crippen LogP contribution in [0.1, 0.15) is 37.3 Å². The van der Waals surface area contributed by atoms with Gasteiger partial charge in [-0.2, -0.15) is 5.10 Å². The zero-order valence-corrected chi connectivity index (χ0v) is 16.9. The molecule has 8 nitrogen and oxygen atoms in total. The average Bonchev–Trinajstić information content (AvgIpc) is 3.02. The minimum Gasteiger partial charge on any atom is -0.493 e. The van der Waals surface area contributed by atoms with Gasteiger partial charge in [0.15, 0.2) is 11.4 Å². The Labute approximate surface area is 172 Å². The van der Waals surface area contributed by atoms with Gasteiger partial charge in [0.1, 0.15) is 0 Å². The molecule has 0 aliphatic carbocycles. The Morgan fingerprint density at radius 2 is 1.70 bits per heavy atom. The molecule has 0 spiro atoms. The fourth-order valence-electron chi connectivity index (χ4n) is 3.55. The molecule has 8 heteroatoms. The fraction of sp³-hybridized carbons (Fsp3) is 0.227. The van der Waals surface area contributed by atoms with Gasteiger partial charge in [0.05, 0.1) is 16.9 Å². The summed E-state index contributed by atoms with van der Waals surface area (Å²) in [6.07, 6.45) is 0. The van der Waals surface area contributed by atoms with Crippen molar-refractivity contribution in [2.45, 2.75) is 33.4 Å². The number of aryl methyl sites for hydroxylation is 1. The predicted octanol–water partition coefficient (Wildman–Crippen LogP) is 4.58. The average molecular weight is 403 g/mol. The van der Waals surface area contributed by atoms with Crippen LogP contribution in [0.4, 0.5) is 5.69 Å². The standard InChI is InChI=1S/C22H21N5O3/c1-4-26-17-12-8-7-11-16(17)19(22(26)30)23-24-20(28)18-14-9-5-6-10-15(14)21(29)27(25-18)13(2)3/h5-13,30H,4H2,1-3H3. The maximum atomic E-state index is 12.9. The van der Waals surface area contributed by atoms with Gasteiger partial charge in [-0.3, -0.25) is 9.59 Å². The van der Waals surface area contributed by atoms with Crippen LogP contribution in [0.15, 0.2) is 63.6 Å². The second kappa shape index (κ2) is 7.55. The lowest BCUT2D eigenvalue weighted by Crippen LogP contribution is -2.27. The first-order valence-electron chi connectivity index (χ1n) is 9.71. The lowest BCUT2D eigenvalue weighted by Gasteiger charge is -2.11. The topological polar surface area (TPSA) is 102 Å². The van der Waals surface area contributed by atoms with E-state index in [1.807, 2.05) is 45.0 Å². The number of hydrogen-bond acceptors (Lipinski definition) is 5. The van der Waals surface area contributed by atoms with Gasteiger partial charge in [0.25, 0.3) is 5.56 Å². The number of azo groups is 1. The number of para-hydroxylation sites is 1. The number of amides is 1. The van der Waals surface area contributed by atoms with Crippen LogP contribution in [0, 0.1) is 0 Å². The monoisotopic (exact) mass is 403 g/mol. The Hall–Kier alpha value is -3.81. The Balaban J connectivity index is 1.85. The SMILES string of the molecule is CCn1c(O)c(N=NC(=O)c2nn(C(C)C)c(=O)c3ccccc23)c2ccccc21. The highest BCUT2D eigenvalue weighted by molar-refractivity contribution is 6.05. The minimum atomic E-state index is -0.687. The molecule has 4 rings (SSSR count). The number of carbonyl (C=O) groups excluding carboxylic acids is 1. The van der Waals surface area contributed by atoms with Crippen molar-refractivity contribution in [1.82, 2.24) is 14.3 Å². The van der Waals surface area contributed by atoms with Crippen LogP contribution in [0.5, 0.6) is 5.88 Å². The first-order chi connectivity index (χ1) is 14.4. The van der Waals surface area contributed by atoms with Crippen LogP contribution in [0.2, 0.25) is 0 Å². The van der Waals surface area contributed by atoms with E-state index in [2.05, 4.69) is 15.3 Å². The summed E-state index contributed by atoms with van der Waals surface area (Å²) in [6, 6.07) is 13.9. The van der Waals surface area contributed by atoms with Crippen molar-refractivity contribution in [3.05, 3.63) is 64.6 Å². The fourth-order valence-corrected chi connectivity index (χ4v) is 3.55. The van der Waals surface area contributed by atoms with Crippen LogP contribution >= 0.6 is 0 Å². The molecule has 0 saturated heterocycles. The molecule has 2 heterocycles. The first kappa shape index (κ1) is 19.5. The van der Waals surface area contributed by atoms with Crippen molar-refractivity contribution in [1.29, 1.82) is 0 Å². The third-order valence-electron chi connectivity index (χ3n) is 4.99. The van der Waals surface area contributed by atoms with Gasteiger partial charge in [0.2, 0.25) is 5.88 Å². The largest absolute Gasteiger partial charge is 0.493 e. The van der Waals surface area contributed by atoms with Crippen LogP contribution < -0.4 is 5.56 Å². The minimum absolute atomic E-state index is 0.0429. The van der Waals surface area contributed by atoms with Crippen molar-refractivity contribution in [3.8, 4) is 5.88 Å². The molecule has 0 fully saturated rings. The molecular weight excluding hydrogens is 382 g/mol. The number of hydrogen-bond donors (Lipinski definition) is 1. The molecule has 0 bridgehead atoms. The molecule has 0 saturated carbocycles. The van der Waals surface area contributed by atoms with Gasteiger partial charge in [-0.15, -0.1) is 10.2 Å². The van der Waals surface area contributed by atoms with Crippen LogP contribution in [0.25, 0.3) is 21.7 Å². The van der Waals surface area contributed by atoms with E-state index in [-0.39, 0.29) is 28.9 Å². The highest BCUT2D eigenvalue weighted by Crippen LogP contribution is 2.38. The second-order valence-electron chi connectivity index (χ2n) is 7.18. The lowest BCUT2D eigenvalue weighted by molar-refractivity contribution is 0.0989. The number of fused-ring (bicyclic) bond motifs is 2. The van der Waals surface area contributed by atoms with Crippen molar-refractivity contribution in [3.63, 3.8) is 0 Å². The van der Waals surface area contributed by atoms with Crippen molar-refractivity contribution < 1.29 is 9.90 Å². The Bertz CT molecular complexity index is 1360. The first-order valence-corrected chi connectivity index (χ1v) is 9.71. The number of rotatable bonds is 4. The summed E-state index contributed by atoms with van der Waals surface area (Å²) < 4.78 is 2.96. The number of benzene rings is 2. The van der Waals surface area contributed by atoms with Gasteiger partial charge in [0, 0.05) is 17.3 Å². The highest BCUT2D eigenvalue weighted by Gasteiger charge is 2.19. The maximum absolute atomic E-state index is 12.9. The van der Waals surface area contributed by atoms with E-state index in [0.717, 1.165) is 5.52 Å². The van der Waals surface area contributed by atoms with E-state index in [1.54, 1.807) is 28.8 Å². The molecule has 1 amide bonds. The number of nitrogens with zero attached hydrogens (tertiary/aromatic N) is 5. The molecule has 0 aliphatic heterocycles. The van der Waals surface area contributed by atoms with E-state index in [9.17, 15) is 14.7 Å². The Morgan fingerprint density at radius 3 is 2.37 bits per heavy atom. The summed E-state index contributed by atoms with van der Waals surface area (Å²) in [5, 5.41) is 24.2. The van der Waals surface area contributed by atoms with Crippen molar-refractivity contribution in [2.75, 3.05) is 0 Å². The van der Waals surface area contributed by atoms with E-state index in [1.165, 1.54) is 4.68 Å². The summed E-state index contributed by atoms with van der Waals surface area (Å²) >= 11 is 0. The molecule has 0 atom stereocenters. The summed E-state index contributed by atoms with van der Waals surface area (Å²) in [4.78, 5) is 25.6. The second-order valence-corrected chi connectivity index (χ2v) is 7.18. The van der Waals surface area contributed by atoms with E-state index in [0.29, 0.717) is 22.7 Å². The molecule has 0 unspecified atom stereocenters. The number of aromatic hydroxyl groups is 1. The van der Waals surface area contributed by atoms with E-state index >= 15 is 0 Å². The van der Waals surface area contributed by atoms with Gasteiger partial charge >= 0.3 is 5.91 Å². The summed E-state index contributed by atoms with van der Waals surface area (Å²) in [6.45, 7) is 6.08. The van der Waals surface area contributed by atoms with Gasteiger partial charge < -0.3 is 9.67 Å². The van der Waals surface area contributed by atoms with Crippen LogP contribution in [-0.4, -0.2) is 25.4 Å². The summed E-state index contributed by atoms with van der Waals surface area (Å²) in [5.41, 5.74) is 0.803. The predicted molar refractivity (Wildman–Crippen MR) is 115 cm³/mol. The Morgan fingerprint density at radius 1 is 1.07 bits per heavy atom. The quantitative estimate of drug-likeness (QED) is 0.504. The van der Waals surface area contributed by atoms with Gasteiger partial charge in [-0.25, -0.2) is 4.68 Å². The molecule has 0 aliphatic rings. The summed E-state index contributed by atoms with van der Waals surface area (Å²) in [5.74, 6) is -0.742. The zero-order chi connectivity index (χ0) is 21.4. The highest BCUT2D eigenvalue weighted by atomic mass is 16.3. The lowest BCUT2D eigenvalue weighted by atomic mass is 10.1. The van der Waals surface area contributed by atoms with E-state index < -0.39 is 5.91 Å². The van der Waals surface area contributed by atoms with Gasteiger partial charge in [-0.05, 0) is 32.9 Å². The normalized spacial score (nSPS) is 11.9. The van der Waals surface area contributed by atoms with Crippen molar-refractivity contribution >= 4 is 33.3 Å². The van der Waals surface area contributed by atoms with Gasteiger partial charge in [-0.1, -0.05) is 36.4 Å². The molecule has 2 aromatic heterocycles. The summed E-state index contributed by atoms with van der Waals surface area (Å²) in [7, 11) is 0. The molecule has 1 N–H and O–H groups in total. The smallest absolute Gasteiger partial charge is 0.316 e. The van der Waals surface area contributed by atoms with E-state index in [4.69, 9.17) is 0 Å². The van der Waals surface area contributed by atoms with Crippen LogP contribution in [-0.2, 0) is 6.54 Å². The molecule has 0 radical (unpaired) electrons. The maximum Gasteiger partial charge on any atom is 0.316 e. The number of carbonyl (C=O) groups is 1. The molecule has 4 aromatic rings.